The van der Waals surface area contributed by atoms with E-state index in [1.807, 2.05) is 56.4 Å². The summed E-state index contributed by atoms with van der Waals surface area (Å²) < 4.78 is 175. The van der Waals surface area contributed by atoms with Gasteiger partial charge in [0.2, 0.25) is 11.6 Å². The van der Waals surface area contributed by atoms with E-state index in [9.17, 15) is 27.8 Å². The van der Waals surface area contributed by atoms with Gasteiger partial charge in [-0.25, -0.2) is 8.42 Å². The van der Waals surface area contributed by atoms with Gasteiger partial charge < -0.3 is 139 Å². The second-order valence-corrected chi connectivity index (χ2v) is 30.9. The third-order valence-corrected chi connectivity index (χ3v) is 20.0. The Morgan fingerprint density at radius 3 is 1.14 bits per heavy atom. The molecule has 0 aromatic heterocycles. The van der Waals surface area contributed by atoms with Crippen molar-refractivity contribution in [3.8, 4) is 0 Å². The van der Waals surface area contributed by atoms with Crippen LogP contribution in [0.2, 0.25) is 0 Å². The molecule has 2 N–H and O–H groups in total. The molecule has 0 radical (unpaired) electrons. The summed E-state index contributed by atoms with van der Waals surface area (Å²) in [6.07, 6.45) is 14.7. The lowest BCUT2D eigenvalue weighted by Crippen LogP contribution is -2.28. The first-order valence-electron chi connectivity index (χ1n) is 43.2. The number of hydrogen-bond acceptors (Lipinski definition) is 34. The Hall–Kier alpha value is -4.75. The number of hydrogen-bond donors (Lipinski definition) is 2. The van der Waals surface area contributed by atoms with E-state index in [0.29, 0.717) is 354 Å². The van der Waals surface area contributed by atoms with Crippen molar-refractivity contribution in [2.24, 2.45) is 0 Å². The minimum atomic E-state index is -4.70. The van der Waals surface area contributed by atoms with Gasteiger partial charge in [-0.15, -0.1) is 0 Å². The molecule has 4 rings (SSSR count). The average Bonchev–Trinajstić information content (AvgIpc) is 1.58. The maximum absolute atomic E-state index is 12.7. The zero-order valence-electron chi connectivity index (χ0n) is 74.1. The van der Waals surface area contributed by atoms with E-state index >= 15 is 0 Å². The van der Waals surface area contributed by atoms with Crippen molar-refractivity contribution >= 4 is 51.1 Å². The first-order chi connectivity index (χ1) is 60.6. The standard InChI is InChI=1S/C86H145N3O33S2/c1-85(2)77-73-75(123-122-121-93)19-21-79(77)88(25-14-8-12-18-84(91)92)81(85)15-9-6-10-16-82-86(3,4)78-74-76(124(94,95)96)20-22-80(78)89(82)24-13-7-11-17-83(90)87-23-26-98-29-30-100-33-34-102-37-38-104-41-42-106-45-46-108-49-50-110-53-54-112-57-58-114-61-62-116-65-66-118-69-70-120-72-71-119-68-67-117-64-63-115-60-59-113-56-55-111-52-51-109-48-47-107-44-43-105-40-39-103-36-35-101-32-31-99-28-27-97-5/h6,9-10,15-16,19-22,73-74H,7-8,11-14,17-18,23-72H2,1-5H3,(H3-,87,90,91,92,93,94,95,96)/p-1. The fourth-order valence-electron chi connectivity index (χ4n) is 12.3. The highest BCUT2D eigenvalue weighted by atomic mass is 32.2. The van der Waals surface area contributed by atoms with Gasteiger partial charge in [-0.3, -0.25) is 14.6 Å². The van der Waals surface area contributed by atoms with E-state index < -0.39 is 26.9 Å². The summed E-state index contributed by atoms with van der Waals surface area (Å²) in [6.45, 7) is 31.9. The number of nitrogens with one attached hydrogen (secondary N) is 1. The molecule has 0 saturated heterocycles. The summed E-state index contributed by atoms with van der Waals surface area (Å²) in [5, 5.41) is 26.3. The molecule has 38 heteroatoms. The Bertz CT molecular complexity index is 3210. The first-order valence-corrected chi connectivity index (χ1v) is 45.4. The van der Waals surface area contributed by atoms with E-state index in [-0.39, 0.29) is 17.2 Å². The van der Waals surface area contributed by atoms with Crippen LogP contribution >= 0.6 is 12.0 Å². The zero-order chi connectivity index (χ0) is 89.0. The molecule has 2 aliphatic heterocycles. The van der Waals surface area contributed by atoms with Gasteiger partial charge in [-0.05, 0) is 81.5 Å². The fraction of sp³-hybridized carbons (Fsp3) is 0.756. The van der Waals surface area contributed by atoms with Crippen molar-refractivity contribution in [3.63, 3.8) is 0 Å². The molecular weight excluding hydrogens is 1670 g/mol. The van der Waals surface area contributed by atoms with E-state index in [1.165, 1.54) is 12.1 Å². The number of fused-ring (bicyclic) bond motifs is 2. The highest BCUT2D eigenvalue weighted by Gasteiger charge is 2.45. The molecule has 1 amide bonds. The number of unbranched alkanes of at least 4 members (excludes halogenated alkanes) is 4. The third-order valence-electron chi connectivity index (χ3n) is 18.6. The fourth-order valence-corrected chi connectivity index (χ4v) is 13.2. The highest BCUT2D eigenvalue weighted by Crippen LogP contribution is 2.49. The van der Waals surface area contributed by atoms with E-state index in [2.05, 4.69) is 44.1 Å². The smallest absolute Gasteiger partial charge is 0.303 e. The van der Waals surface area contributed by atoms with Crippen LogP contribution < -0.4 is 15.5 Å². The molecule has 714 valence electrons. The Morgan fingerprint density at radius 2 is 0.782 bits per heavy atom. The number of carboxylic acids is 1. The molecule has 0 spiro atoms. The maximum Gasteiger partial charge on any atom is 0.303 e. The molecule has 0 unspecified atom stereocenters. The Kier molecular flexibility index (Phi) is 68.4. The van der Waals surface area contributed by atoms with Crippen molar-refractivity contribution in [3.05, 3.63) is 83.6 Å². The second-order valence-electron chi connectivity index (χ2n) is 28.7. The Morgan fingerprint density at radius 1 is 0.427 bits per heavy atom. The zero-order valence-corrected chi connectivity index (χ0v) is 75.7. The van der Waals surface area contributed by atoms with Crippen molar-refractivity contribution in [2.75, 3.05) is 342 Å². The predicted molar refractivity (Wildman–Crippen MR) is 457 cm³/mol. The highest BCUT2D eigenvalue weighted by molar-refractivity contribution is 7.94. The number of benzene rings is 2. The Balaban J connectivity index is 0.821. The van der Waals surface area contributed by atoms with Crippen molar-refractivity contribution in [1.29, 1.82) is 0 Å². The van der Waals surface area contributed by atoms with Crippen LogP contribution in [0.3, 0.4) is 0 Å². The minimum absolute atomic E-state index is 0.0678. The topological polar surface area (TPSA) is 393 Å². The van der Waals surface area contributed by atoms with E-state index in [1.54, 1.807) is 13.2 Å². The van der Waals surface area contributed by atoms with E-state index in [0.717, 1.165) is 71.6 Å². The van der Waals surface area contributed by atoms with Gasteiger partial charge in [0.25, 0.3) is 0 Å². The summed E-state index contributed by atoms with van der Waals surface area (Å²) in [6, 6.07) is 10.3. The van der Waals surface area contributed by atoms with Crippen LogP contribution in [0.25, 0.3) is 0 Å². The van der Waals surface area contributed by atoms with Gasteiger partial charge >= 0.3 is 5.97 Å². The summed E-state index contributed by atoms with van der Waals surface area (Å²) in [7, 11) is -3.06. The van der Waals surface area contributed by atoms with E-state index in [4.69, 9.17) is 119 Å². The number of carbonyl (C=O) groups excluding carboxylic acids is 1. The van der Waals surface area contributed by atoms with Gasteiger partial charge in [0, 0.05) is 78.9 Å². The number of aliphatic carboxylic acids is 1. The molecule has 2 heterocycles. The largest absolute Gasteiger partial charge is 0.744 e. The quantitative estimate of drug-likeness (QED) is 0.0139. The van der Waals surface area contributed by atoms with Crippen LogP contribution in [0.15, 0.2) is 82.3 Å². The number of rotatable bonds is 91. The van der Waals surface area contributed by atoms with Crippen molar-refractivity contribution in [1.82, 2.24) is 5.32 Å². The van der Waals surface area contributed by atoms with Crippen molar-refractivity contribution < 1.29 is 161 Å². The van der Waals surface area contributed by atoms with Gasteiger partial charge in [-0.1, -0.05) is 38.5 Å². The molecule has 2 aliphatic rings. The molecule has 2 aromatic carbocycles. The minimum Gasteiger partial charge on any atom is -0.744 e. The SMILES string of the molecule is COCCOCCOCCOCCOCCOCCOCCOCCOCCOCCOCCOCCOCCOCCOCCOCCOCCOCCOCCOCCOCCOCCOCCOCCNC(=O)CCCCCN1C(=CC=CC=CC2=[N+](CCCCCC(=O)O)c3ccc(SOO[O-])cc3C2(C)C)C(C)(C)c2cc(S(=O)(=O)[O-])ccc21. The lowest BCUT2D eigenvalue weighted by molar-refractivity contribution is -0.777. The molecule has 0 atom stereocenters. The lowest BCUT2D eigenvalue weighted by Gasteiger charge is -2.27. The summed E-state index contributed by atoms with van der Waals surface area (Å²) in [5.74, 6) is -0.884. The molecule has 0 fully saturated rings. The third kappa shape index (κ3) is 55.3. The number of allylic oxidation sites excluding steroid dienone is 6. The normalized spacial score (nSPS) is 14.1. The van der Waals surface area contributed by atoms with Gasteiger partial charge in [-0.2, -0.15) is 8.91 Å². The number of amides is 1. The number of carboxylic acid groups (broad SMARTS) is 1. The van der Waals surface area contributed by atoms with Gasteiger partial charge in [0.05, 0.1) is 333 Å². The molecular formula is C86H144N3O33S2-. The van der Waals surface area contributed by atoms with Crippen LogP contribution in [-0.4, -0.2) is 378 Å². The Labute approximate surface area is 739 Å². The van der Waals surface area contributed by atoms with Crippen LogP contribution in [0.1, 0.15) is 90.2 Å². The molecule has 124 heavy (non-hydrogen) atoms. The molecule has 0 saturated carbocycles. The average molecular weight is 1810 g/mol. The summed E-state index contributed by atoms with van der Waals surface area (Å²) >= 11 is 0.830. The van der Waals surface area contributed by atoms with Crippen LogP contribution in [0, 0.1) is 0 Å². The number of nitrogens with zero attached hydrogens (tertiary/aromatic N) is 2. The number of carbonyl (C=O) groups is 2. The number of anilines is 1. The van der Waals surface area contributed by atoms with Gasteiger partial charge in [0.15, 0.2) is 5.71 Å². The predicted octanol–water partition coefficient (Wildman–Crippen LogP) is 6.34. The summed E-state index contributed by atoms with van der Waals surface area (Å²) in [5.41, 5.74) is 4.43. The first kappa shape index (κ1) is 112. The number of ether oxygens (including phenoxy) is 24. The van der Waals surface area contributed by atoms with Crippen LogP contribution in [-0.2, 0) is 154 Å². The number of methoxy groups -OCH3 is 1. The van der Waals surface area contributed by atoms with Gasteiger partial charge in [0.1, 0.15) is 16.7 Å². The monoisotopic (exact) mass is 1810 g/mol. The molecule has 0 bridgehead atoms. The lowest BCUT2D eigenvalue weighted by atomic mass is 9.81. The maximum atomic E-state index is 12.7. The summed E-state index contributed by atoms with van der Waals surface area (Å²) in [4.78, 5) is 26.5. The molecule has 2 aromatic rings. The van der Waals surface area contributed by atoms with Crippen molar-refractivity contribution in [2.45, 2.75) is 99.7 Å². The van der Waals surface area contributed by atoms with Crippen LogP contribution in [0.5, 0.6) is 0 Å². The molecule has 0 aliphatic carbocycles. The molecule has 36 nitrogen and oxygen atoms in total. The van der Waals surface area contributed by atoms with Crippen LogP contribution in [0.4, 0.5) is 11.4 Å². The second kappa shape index (κ2) is 76.0.